The van der Waals surface area contributed by atoms with E-state index < -0.39 is 0 Å². The number of rotatable bonds is 2. The molecule has 1 aromatic carbocycles. The molecule has 0 saturated heterocycles. The van der Waals surface area contributed by atoms with Crippen molar-refractivity contribution in [2.45, 2.75) is 50.0 Å². The molecule has 118 valence electrons. The van der Waals surface area contributed by atoms with Gasteiger partial charge in [0.1, 0.15) is 15.7 Å². The maximum atomic E-state index is 4.78. The molecular weight excluding hydrogens is 320 g/mol. The Morgan fingerprint density at radius 2 is 1.91 bits per heavy atom. The molecule has 23 heavy (non-hydrogen) atoms. The van der Waals surface area contributed by atoms with Crippen molar-refractivity contribution in [1.29, 1.82) is 0 Å². The van der Waals surface area contributed by atoms with Gasteiger partial charge in [-0.15, -0.1) is 11.3 Å². The predicted molar refractivity (Wildman–Crippen MR) is 98.6 cm³/mol. The van der Waals surface area contributed by atoms with Crippen LogP contribution in [0.15, 0.2) is 34.2 Å². The predicted octanol–water partition coefficient (Wildman–Crippen LogP) is 5.58. The lowest BCUT2D eigenvalue weighted by atomic mass is 9.89. The van der Waals surface area contributed by atoms with Crippen molar-refractivity contribution in [1.82, 2.24) is 9.97 Å². The maximum absolute atomic E-state index is 4.78. The van der Waals surface area contributed by atoms with Gasteiger partial charge in [-0.05, 0) is 56.7 Å². The Hall–Kier alpha value is -1.39. The van der Waals surface area contributed by atoms with Gasteiger partial charge in [-0.25, -0.2) is 9.97 Å². The summed E-state index contributed by atoms with van der Waals surface area (Å²) in [6.45, 7) is 6.48. The van der Waals surface area contributed by atoms with Crippen molar-refractivity contribution in [2.24, 2.45) is 5.92 Å². The summed E-state index contributed by atoms with van der Waals surface area (Å²) in [5.74, 6) is 1.66. The van der Waals surface area contributed by atoms with Gasteiger partial charge >= 0.3 is 0 Å². The van der Waals surface area contributed by atoms with Crippen molar-refractivity contribution < 1.29 is 0 Å². The zero-order valence-corrected chi connectivity index (χ0v) is 15.4. The second kappa shape index (κ2) is 5.91. The first kappa shape index (κ1) is 15.2. The first-order chi connectivity index (χ1) is 11.1. The smallest absolute Gasteiger partial charge is 0.128 e. The van der Waals surface area contributed by atoms with E-state index in [4.69, 9.17) is 9.97 Å². The zero-order valence-electron chi connectivity index (χ0n) is 13.7. The van der Waals surface area contributed by atoms with Gasteiger partial charge in [-0.2, -0.15) is 0 Å². The third-order valence-electron chi connectivity index (χ3n) is 4.47. The molecule has 0 saturated carbocycles. The van der Waals surface area contributed by atoms with Crippen LogP contribution in [0.4, 0.5) is 0 Å². The van der Waals surface area contributed by atoms with Gasteiger partial charge in [-0.1, -0.05) is 36.4 Å². The summed E-state index contributed by atoms with van der Waals surface area (Å²) in [6.07, 6.45) is 3.65. The van der Waals surface area contributed by atoms with E-state index in [2.05, 4.69) is 38.1 Å². The molecule has 4 heteroatoms. The highest BCUT2D eigenvalue weighted by atomic mass is 32.2. The standard InChI is InChI=1S/C19H20N2S2/c1-11-4-7-14(8-5-11)22-18-17-15-9-6-12(2)10-16(15)23-19(17)21-13(3)20-18/h4-5,7-8,12H,6,9-10H2,1-3H3/t12-/m1/s1. The molecule has 1 atom stereocenters. The highest BCUT2D eigenvalue weighted by Gasteiger charge is 2.23. The molecule has 4 rings (SSSR count). The second-order valence-corrected chi connectivity index (χ2v) is 8.67. The molecule has 3 aromatic rings. The van der Waals surface area contributed by atoms with E-state index in [1.165, 1.54) is 50.4 Å². The summed E-state index contributed by atoms with van der Waals surface area (Å²) in [5, 5.41) is 2.44. The molecule has 0 bridgehead atoms. The van der Waals surface area contributed by atoms with Crippen LogP contribution in [0.5, 0.6) is 0 Å². The maximum Gasteiger partial charge on any atom is 0.128 e. The minimum atomic E-state index is 0.790. The fraction of sp³-hybridized carbons (Fsp3) is 0.368. The lowest BCUT2D eigenvalue weighted by Gasteiger charge is -2.18. The molecule has 0 fully saturated rings. The van der Waals surface area contributed by atoms with Crippen molar-refractivity contribution in [3.8, 4) is 0 Å². The van der Waals surface area contributed by atoms with Crippen LogP contribution in [0.3, 0.4) is 0 Å². The summed E-state index contributed by atoms with van der Waals surface area (Å²) in [7, 11) is 0. The van der Waals surface area contributed by atoms with Crippen molar-refractivity contribution >= 4 is 33.3 Å². The Morgan fingerprint density at radius 1 is 1.13 bits per heavy atom. The topological polar surface area (TPSA) is 25.8 Å². The molecule has 1 aliphatic rings. The fourth-order valence-corrected chi connectivity index (χ4v) is 5.69. The highest BCUT2D eigenvalue weighted by Crippen LogP contribution is 2.42. The lowest BCUT2D eigenvalue weighted by molar-refractivity contribution is 0.509. The van der Waals surface area contributed by atoms with Crippen molar-refractivity contribution in [3.63, 3.8) is 0 Å². The lowest BCUT2D eigenvalue weighted by Crippen LogP contribution is -2.08. The Kier molecular flexibility index (Phi) is 3.90. The minimum absolute atomic E-state index is 0.790. The number of benzene rings is 1. The largest absolute Gasteiger partial charge is 0.226 e. The zero-order chi connectivity index (χ0) is 16.0. The Balaban J connectivity index is 1.83. The number of aromatic nitrogens is 2. The van der Waals surface area contributed by atoms with E-state index in [0.29, 0.717) is 0 Å². The number of thiophene rings is 1. The van der Waals surface area contributed by atoms with Gasteiger partial charge in [0.05, 0.1) is 0 Å². The summed E-state index contributed by atoms with van der Waals surface area (Å²) < 4.78 is 0. The fourth-order valence-electron chi connectivity index (χ4n) is 3.20. The highest BCUT2D eigenvalue weighted by molar-refractivity contribution is 7.99. The van der Waals surface area contributed by atoms with E-state index >= 15 is 0 Å². The van der Waals surface area contributed by atoms with Gasteiger partial charge in [0, 0.05) is 15.2 Å². The third-order valence-corrected chi connectivity index (χ3v) is 6.61. The van der Waals surface area contributed by atoms with Crippen molar-refractivity contribution in [2.75, 3.05) is 0 Å². The van der Waals surface area contributed by atoms with Gasteiger partial charge in [0.25, 0.3) is 0 Å². The molecule has 1 aliphatic carbocycles. The molecule has 0 spiro atoms. The Bertz CT molecular complexity index is 865. The van der Waals surface area contributed by atoms with Crippen LogP contribution in [0, 0.1) is 19.8 Å². The van der Waals surface area contributed by atoms with Gasteiger partial charge in [0.15, 0.2) is 0 Å². The normalized spacial score (nSPS) is 17.4. The summed E-state index contributed by atoms with van der Waals surface area (Å²) in [6, 6.07) is 8.70. The molecule has 2 aromatic heterocycles. The quantitative estimate of drug-likeness (QED) is 0.569. The molecule has 0 N–H and O–H groups in total. The average Bonchev–Trinajstić information content (AvgIpc) is 2.86. The van der Waals surface area contributed by atoms with E-state index in [1.807, 2.05) is 18.3 Å². The second-order valence-electron chi connectivity index (χ2n) is 6.52. The van der Waals surface area contributed by atoms with E-state index in [-0.39, 0.29) is 0 Å². The van der Waals surface area contributed by atoms with Crippen molar-refractivity contribution in [3.05, 3.63) is 46.1 Å². The monoisotopic (exact) mass is 340 g/mol. The van der Waals surface area contributed by atoms with Crippen LogP contribution in [0.25, 0.3) is 10.2 Å². The number of nitrogens with zero attached hydrogens (tertiary/aromatic N) is 2. The number of aryl methyl sites for hydroxylation is 3. The van der Waals surface area contributed by atoms with E-state index in [9.17, 15) is 0 Å². The first-order valence-electron chi connectivity index (χ1n) is 8.13. The molecule has 0 amide bonds. The van der Waals surface area contributed by atoms with Crippen LogP contribution in [0.2, 0.25) is 0 Å². The van der Waals surface area contributed by atoms with E-state index in [0.717, 1.165) is 16.8 Å². The van der Waals surface area contributed by atoms with E-state index in [1.54, 1.807) is 11.8 Å². The number of fused-ring (bicyclic) bond motifs is 3. The van der Waals surface area contributed by atoms with Gasteiger partial charge in [0.2, 0.25) is 0 Å². The molecule has 2 heterocycles. The molecule has 2 nitrogen and oxygen atoms in total. The summed E-state index contributed by atoms with van der Waals surface area (Å²) in [4.78, 5) is 13.4. The van der Waals surface area contributed by atoms with Gasteiger partial charge < -0.3 is 0 Å². The number of hydrogen-bond acceptors (Lipinski definition) is 4. The van der Waals surface area contributed by atoms with Crippen LogP contribution in [0.1, 0.15) is 35.2 Å². The van der Waals surface area contributed by atoms with Crippen LogP contribution < -0.4 is 0 Å². The average molecular weight is 341 g/mol. The van der Waals surface area contributed by atoms with Crippen LogP contribution in [-0.4, -0.2) is 9.97 Å². The SMILES string of the molecule is Cc1ccc(Sc2nc(C)nc3sc4c(c23)CC[C@@H](C)C4)cc1. The molecule has 0 aliphatic heterocycles. The summed E-state index contributed by atoms with van der Waals surface area (Å²) in [5.41, 5.74) is 2.80. The van der Waals surface area contributed by atoms with Crippen LogP contribution in [-0.2, 0) is 12.8 Å². The van der Waals surface area contributed by atoms with Gasteiger partial charge in [-0.3, -0.25) is 0 Å². The summed E-state index contributed by atoms with van der Waals surface area (Å²) >= 11 is 3.65. The third kappa shape index (κ3) is 2.90. The molecule has 0 unspecified atom stereocenters. The first-order valence-corrected chi connectivity index (χ1v) is 9.77. The number of hydrogen-bond donors (Lipinski definition) is 0. The molecule has 0 radical (unpaired) electrons. The Morgan fingerprint density at radius 3 is 2.70 bits per heavy atom. The minimum Gasteiger partial charge on any atom is -0.226 e. The Labute approximate surface area is 145 Å². The molecular formula is C19H20N2S2. The van der Waals surface area contributed by atoms with Crippen LogP contribution >= 0.6 is 23.1 Å².